The van der Waals surface area contributed by atoms with Crippen LogP contribution in [0.5, 0.6) is 0 Å². The summed E-state index contributed by atoms with van der Waals surface area (Å²) in [6.45, 7) is 2.30. The molecule has 2 N–H and O–H groups in total. The van der Waals surface area contributed by atoms with Crippen molar-refractivity contribution in [2.45, 2.75) is 68.7 Å². The van der Waals surface area contributed by atoms with Crippen molar-refractivity contribution >= 4 is 0 Å². The molecule has 0 aromatic rings. The lowest BCUT2D eigenvalue weighted by atomic mass is 9.74. The van der Waals surface area contributed by atoms with Crippen molar-refractivity contribution in [3.8, 4) is 0 Å². The van der Waals surface area contributed by atoms with E-state index in [1.165, 1.54) is 0 Å². The molecule has 0 aromatic carbocycles. The Kier molecular flexibility index (Phi) is 2.21. The molecule has 2 saturated heterocycles. The van der Waals surface area contributed by atoms with Crippen molar-refractivity contribution in [1.82, 2.24) is 0 Å². The minimum Gasteiger partial charge on any atom is -0.396 e. The van der Waals surface area contributed by atoms with Crippen LogP contribution in [-0.4, -0.2) is 33.6 Å². The minimum absolute atomic E-state index is 0.183. The molecular weight excluding hydrogens is 204 g/mol. The molecule has 16 heavy (non-hydrogen) atoms. The molecule has 0 unspecified atom stereocenters. The van der Waals surface area contributed by atoms with E-state index >= 15 is 0 Å². The highest BCUT2D eigenvalue weighted by Gasteiger charge is 2.64. The Balaban J connectivity index is 1.99. The van der Waals surface area contributed by atoms with Crippen molar-refractivity contribution in [3.63, 3.8) is 0 Å². The number of aliphatic hydroxyl groups excluding tert-OH is 1. The quantitative estimate of drug-likeness (QED) is 0.714. The summed E-state index contributed by atoms with van der Waals surface area (Å²) in [6, 6.07) is 0. The van der Waals surface area contributed by atoms with Gasteiger partial charge in [0.2, 0.25) is 0 Å². The molecule has 0 amide bonds. The largest absolute Gasteiger partial charge is 0.396 e. The summed E-state index contributed by atoms with van der Waals surface area (Å²) in [7, 11) is 0. The topological polar surface area (TPSA) is 49.7 Å². The van der Waals surface area contributed by atoms with E-state index in [0.717, 1.165) is 44.9 Å². The number of rotatable bonds is 1. The molecule has 1 saturated carbocycles. The molecule has 0 radical (unpaired) electrons. The Morgan fingerprint density at radius 2 is 2.00 bits per heavy atom. The van der Waals surface area contributed by atoms with E-state index in [4.69, 9.17) is 4.74 Å². The van der Waals surface area contributed by atoms with Crippen LogP contribution in [0.4, 0.5) is 0 Å². The lowest BCUT2D eigenvalue weighted by Crippen LogP contribution is -2.49. The van der Waals surface area contributed by atoms with Gasteiger partial charge in [0.25, 0.3) is 0 Å². The van der Waals surface area contributed by atoms with Crippen molar-refractivity contribution in [3.05, 3.63) is 0 Å². The zero-order valence-electron chi connectivity index (χ0n) is 10.0. The normalized spacial score (nSPS) is 56.1. The average molecular weight is 226 g/mol. The van der Waals surface area contributed by atoms with Crippen LogP contribution in [0.3, 0.4) is 0 Å². The van der Waals surface area contributed by atoms with Crippen molar-refractivity contribution in [2.75, 3.05) is 6.61 Å². The molecule has 92 valence electrons. The third-order valence-corrected chi connectivity index (χ3v) is 5.46. The van der Waals surface area contributed by atoms with Crippen LogP contribution in [0.25, 0.3) is 0 Å². The molecule has 3 fully saturated rings. The molecule has 1 spiro atoms. The predicted octanol–water partition coefficient (Wildman–Crippen LogP) is 1.61. The monoisotopic (exact) mass is 226 g/mol. The summed E-state index contributed by atoms with van der Waals surface area (Å²) in [6.07, 6.45) is 6.60. The second-order valence-electron chi connectivity index (χ2n) is 6.21. The Morgan fingerprint density at radius 3 is 2.75 bits per heavy atom. The Hall–Kier alpha value is -0.120. The molecule has 2 heterocycles. The van der Waals surface area contributed by atoms with Crippen LogP contribution < -0.4 is 0 Å². The van der Waals surface area contributed by atoms with Crippen molar-refractivity contribution < 1.29 is 14.9 Å². The minimum atomic E-state index is -0.616. The average Bonchev–Trinajstić information content (AvgIpc) is 2.70. The first-order valence-electron chi connectivity index (χ1n) is 6.57. The third kappa shape index (κ3) is 1.20. The first kappa shape index (κ1) is 11.0. The van der Waals surface area contributed by atoms with E-state index in [0.29, 0.717) is 0 Å². The molecule has 1 aliphatic carbocycles. The standard InChI is InChI=1S/C13H22O3/c1-11-7-8-13(16-11)5-2-4-12(13,15)6-3-10(11)9-14/h10,14-15H,2-9H2,1H3/t10-,11+,12-,13-/m0/s1. The summed E-state index contributed by atoms with van der Waals surface area (Å²) < 4.78 is 6.32. The number of aliphatic hydroxyl groups is 2. The Labute approximate surface area is 96.8 Å². The van der Waals surface area contributed by atoms with Gasteiger partial charge in [0.05, 0.1) is 16.8 Å². The molecule has 2 aliphatic heterocycles. The molecule has 4 atom stereocenters. The molecular formula is C13H22O3. The summed E-state index contributed by atoms with van der Waals surface area (Å²) in [5.74, 6) is 0.196. The zero-order chi connectivity index (χ0) is 11.4. The van der Waals surface area contributed by atoms with E-state index in [-0.39, 0.29) is 23.7 Å². The molecule has 2 bridgehead atoms. The first-order chi connectivity index (χ1) is 7.54. The molecule has 3 nitrogen and oxygen atoms in total. The highest BCUT2D eigenvalue weighted by molar-refractivity contribution is 5.14. The lowest BCUT2D eigenvalue weighted by molar-refractivity contribution is -0.182. The molecule has 3 aliphatic rings. The van der Waals surface area contributed by atoms with Gasteiger partial charge in [0, 0.05) is 12.5 Å². The Morgan fingerprint density at radius 1 is 1.19 bits per heavy atom. The van der Waals surface area contributed by atoms with Crippen molar-refractivity contribution in [2.24, 2.45) is 5.92 Å². The summed E-state index contributed by atoms with van der Waals surface area (Å²) in [5, 5.41) is 20.3. The van der Waals surface area contributed by atoms with Gasteiger partial charge in [-0.1, -0.05) is 0 Å². The third-order valence-electron chi connectivity index (χ3n) is 5.46. The molecule has 0 aromatic heterocycles. The second kappa shape index (κ2) is 3.21. The van der Waals surface area contributed by atoms with Gasteiger partial charge < -0.3 is 14.9 Å². The van der Waals surface area contributed by atoms with Gasteiger partial charge in [-0.2, -0.15) is 0 Å². The number of ether oxygens (including phenoxy) is 1. The fraction of sp³-hybridized carbons (Fsp3) is 1.00. The van der Waals surface area contributed by atoms with Gasteiger partial charge in [-0.05, 0) is 51.9 Å². The maximum atomic E-state index is 10.8. The van der Waals surface area contributed by atoms with E-state index in [2.05, 4.69) is 6.92 Å². The van der Waals surface area contributed by atoms with Gasteiger partial charge in [0.1, 0.15) is 0 Å². The van der Waals surface area contributed by atoms with Crippen LogP contribution in [0, 0.1) is 5.92 Å². The first-order valence-corrected chi connectivity index (χ1v) is 6.57. The zero-order valence-corrected chi connectivity index (χ0v) is 10.0. The SMILES string of the molecule is C[C@@]12CC[C@]3(CCC[C@]3(O)CC[C@H]1CO)O2. The molecule has 3 heteroatoms. The van der Waals surface area contributed by atoms with Crippen LogP contribution in [0.1, 0.15) is 51.9 Å². The van der Waals surface area contributed by atoms with Crippen molar-refractivity contribution in [1.29, 1.82) is 0 Å². The van der Waals surface area contributed by atoms with Crippen LogP contribution in [0.15, 0.2) is 0 Å². The lowest BCUT2D eigenvalue weighted by Gasteiger charge is -2.38. The number of fused-ring (bicyclic) bond motifs is 1. The van der Waals surface area contributed by atoms with E-state index < -0.39 is 5.60 Å². The van der Waals surface area contributed by atoms with Gasteiger partial charge in [-0.15, -0.1) is 0 Å². The highest BCUT2D eigenvalue weighted by Crippen LogP contribution is 2.59. The maximum absolute atomic E-state index is 10.8. The van der Waals surface area contributed by atoms with E-state index in [9.17, 15) is 10.2 Å². The summed E-state index contributed by atoms with van der Waals surface area (Å²) in [5.41, 5.74) is -1.11. The van der Waals surface area contributed by atoms with Gasteiger partial charge in [-0.3, -0.25) is 0 Å². The van der Waals surface area contributed by atoms with E-state index in [1.54, 1.807) is 0 Å². The fourth-order valence-corrected chi connectivity index (χ4v) is 4.27. The van der Waals surface area contributed by atoms with Crippen LogP contribution in [0.2, 0.25) is 0 Å². The van der Waals surface area contributed by atoms with E-state index in [1.807, 2.05) is 0 Å². The summed E-state index contributed by atoms with van der Waals surface area (Å²) >= 11 is 0. The Bertz CT molecular complexity index is 306. The fourth-order valence-electron chi connectivity index (χ4n) is 4.27. The predicted molar refractivity (Wildman–Crippen MR) is 60.1 cm³/mol. The number of hydrogen-bond donors (Lipinski definition) is 2. The van der Waals surface area contributed by atoms with Gasteiger partial charge in [-0.25, -0.2) is 0 Å². The smallest absolute Gasteiger partial charge is 0.0976 e. The number of hydrogen-bond acceptors (Lipinski definition) is 3. The van der Waals surface area contributed by atoms with Gasteiger partial charge >= 0.3 is 0 Å². The molecule has 3 rings (SSSR count). The van der Waals surface area contributed by atoms with Crippen LogP contribution in [-0.2, 0) is 4.74 Å². The summed E-state index contributed by atoms with van der Waals surface area (Å²) in [4.78, 5) is 0. The second-order valence-corrected chi connectivity index (χ2v) is 6.21. The maximum Gasteiger partial charge on any atom is 0.0976 e. The highest BCUT2D eigenvalue weighted by atomic mass is 16.5. The van der Waals surface area contributed by atoms with Gasteiger partial charge in [0.15, 0.2) is 0 Å². The van der Waals surface area contributed by atoms with Crippen LogP contribution >= 0.6 is 0 Å².